The molecule has 0 fully saturated rings. The van der Waals surface area contributed by atoms with Crippen LogP contribution in [0, 0.1) is 0 Å². The smallest absolute Gasteiger partial charge is 0.306 e. The van der Waals surface area contributed by atoms with Crippen LogP contribution in [0.2, 0.25) is 0 Å². The maximum Gasteiger partial charge on any atom is 0.306 e. The van der Waals surface area contributed by atoms with E-state index in [0.717, 1.165) is 64.2 Å². The Morgan fingerprint density at radius 3 is 0.649 bits per heavy atom. The van der Waals surface area contributed by atoms with Crippen molar-refractivity contribution in [1.82, 2.24) is 0 Å². The number of rotatable bonds is 65. The highest BCUT2D eigenvalue weighted by Gasteiger charge is 2.19. The predicted octanol–water partition coefficient (Wildman–Crippen LogP) is 23.8. The van der Waals surface area contributed by atoms with Crippen LogP contribution in [0.1, 0.15) is 393 Å². The van der Waals surface area contributed by atoms with E-state index in [-0.39, 0.29) is 31.1 Å². The van der Waals surface area contributed by atoms with E-state index in [2.05, 4.69) is 45.1 Å². The molecular weight excluding hydrogens is 949 g/mol. The van der Waals surface area contributed by atoms with Crippen molar-refractivity contribution in [2.75, 3.05) is 13.2 Å². The van der Waals surface area contributed by atoms with Crippen molar-refractivity contribution in [2.24, 2.45) is 0 Å². The molecular formula is C71H134O6. The van der Waals surface area contributed by atoms with Gasteiger partial charge in [-0.15, -0.1) is 0 Å². The minimum Gasteiger partial charge on any atom is -0.462 e. The summed E-state index contributed by atoms with van der Waals surface area (Å²) < 4.78 is 17.0. The molecule has 1 atom stereocenters. The molecule has 0 aliphatic carbocycles. The highest BCUT2D eigenvalue weighted by Crippen LogP contribution is 2.18. The number of hydrogen-bond acceptors (Lipinski definition) is 6. The molecule has 6 nitrogen and oxygen atoms in total. The van der Waals surface area contributed by atoms with E-state index in [1.165, 1.54) is 289 Å². The van der Waals surface area contributed by atoms with Gasteiger partial charge in [0.25, 0.3) is 0 Å². The van der Waals surface area contributed by atoms with Crippen LogP contribution in [0.15, 0.2) is 24.3 Å². The SMILES string of the molecule is CCCCCCC/C=C\CCCCCCCC(=O)OCC(COC(=O)CCCCCCCCCCCCCCCCCCCCCCCCCC)OC(=O)CCCCCCCCCCC/C=C\CCCCCCCCCC. The zero-order valence-corrected chi connectivity index (χ0v) is 52.3. The van der Waals surface area contributed by atoms with Crippen LogP contribution in [0.4, 0.5) is 0 Å². The number of ether oxygens (including phenoxy) is 3. The monoisotopic (exact) mass is 1080 g/mol. The predicted molar refractivity (Wildman–Crippen MR) is 335 cm³/mol. The largest absolute Gasteiger partial charge is 0.462 e. The lowest BCUT2D eigenvalue weighted by molar-refractivity contribution is -0.167. The molecule has 0 radical (unpaired) electrons. The van der Waals surface area contributed by atoms with Gasteiger partial charge in [0.05, 0.1) is 0 Å². The molecule has 0 saturated carbocycles. The van der Waals surface area contributed by atoms with Crippen LogP contribution < -0.4 is 0 Å². The fourth-order valence-electron chi connectivity index (χ4n) is 10.7. The van der Waals surface area contributed by atoms with E-state index in [9.17, 15) is 14.4 Å². The molecule has 0 aliphatic rings. The van der Waals surface area contributed by atoms with Crippen molar-refractivity contribution in [2.45, 2.75) is 399 Å². The van der Waals surface area contributed by atoms with Gasteiger partial charge in [-0.2, -0.15) is 0 Å². The van der Waals surface area contributed by atoms with Gasteiger partial charge in [0.2, 0.25) is 0 Å². The average Bonchev–Trinajstić information content (AvgIpc) is 3.43. The first-order valence-electron chi connectivity index (χ1n) is 34.8. The molecule has 454 valence electrons. The van der Waals surface area contributed by atoms with Gasteiger partial charge in [-0.05, 0) is 70.6 Å². The summed E-state index contributed by atoms with van der Waals surface area (Å²) in [4.78, 5) is 38.4. The first-order chi connectivity index (χ1) is 38.0. The van der Waals surface area contributed by atoms with E-state index in [1.807, 2.05) is 0 Å². The summed E-state index contributed by atoms with van der Waals surface area (Å²) in [7, 11) is 0. The molecule has 0 spiro atoms. The minimum absolute atomic E-state index is 0.0693. The number of carbonyl (C=O) groups is 3. The standard InChI is InChI=1S/C71H134O6/c1-4-7-10-13-16-19-22-25-28-30-32-34-35-36-38-39-41-43-46-49-52-55-58-61-64-70(73)76-67-68(66-75-69(72)63-60-57-54-51-48-45-27-24-21-18-15-12-9-6-3)77-71(74)65-62-59-56-53-50-47-44-42-40-37-33-31-29-26-23-20-17-14-11-8-5-2/h24,27,31,33,68H,4-23,25-26,28-30,32,34-67H2,1-3H3/b27-24-,33-31-. The Bertz CT molecular complexity index is 1240. The molecule has 1 unspecified atom stereocenters. The fourth-order valence-corrected chi connectivity index (χ4v) is 10.7. The van der Waals surface area contributed by atoms with Gasteiger partial charge in [0.1, 0.15) is 13.2 Å². The molecule has 0 aromatic rings. The highest BCUT2D eigenvalue weighted by atomic mass is 16.6. The summed E-state index contributed by atoms with van der Waals surface area (Å²) in [6.07, 6.45) is 80.6. The van der Waals surface area contributed by atoms with E-state index in [4.69, 9.17) is 14.2 Å². The normalized spacial score (nSPS) is 12.1. The van der Waals surface area contributed by atoms with Crippen molar-refractivity contribution in [3.05, 3.63) is 24.3 Å². The third kappa shape index (κ3) is 64.6. The van der Waals surface area contributed by atoms with Crippen LogP contribution in [-0.2, 0) is 28.6 Å². The molecule has 0 bridgehead atoms. The Kier molecular flexibility index (Phi) is 64.6. The second-order valence-corrected chi connectivity index (χ2v) is 23.8. The molecule has 77 heavy (non-hydrogen) atoms. The van der Waals surface area contributed by atoms with Gasteiger partial charge in [0.15, 0.2) is 6.10 Å². The summed E-state index contributed by atoms with van der Waals surface area (Å²) in [5, 5.41) is 0. The number of hydrogen-bond donors (Lipinski definition) is 0. The van der Waals surface area contributed by atoms with Gasteiger partial charge < -0.3 is 14.2 Å². The number of carbonyl (C=O) groups excluding carboxylic acids is 3. The third-order valence-corrected chi connectivity index (χ3v) is 15.9. The Morgan fingerprint density at radius 2 is 0.429 bits per heavy atom. The molecule has 0 saturated heterocycles. The highest BCUT2D eigenvalue weighted by molar-refractivity contribution is 5.71. The van der Waals surface area contributed by atoms with Crippen molar-refractivity contribution >= 4 is 17.9 Å². The second kappa shape index (κ2) is 66.4. The lowest BCUT2D eigenvalue weighted by Crippen LogP contribution is -2.30. The van der Waals surface area contributed by atoms with Gasteiger partial charge in [-0.3, -0.25) is 14.4 Å². The van der Waals surface area contributed by atoms with Gasteiger partial charge >= 0.3 is 17.9 Å². The van der Waals surface area contributed by atoms with Crippen LogP contribution in [0.5, 0.6) is 0 Å². The van der Waals surface area contributed by atoms with Gasteiger partial charge in [-0.1, -0.05) is 328 Å². The van der Waals surface area contributed by atoms with Crippen LogP contribution >= 0.6 is 0 Å². The van der Waals surface area contributed by atoms with E-state index in [1.54, 1.807) is 0 Å². The quantitative estimate of drug-likeness (QED) is 0.0261. The van der Waals surface area contributed by atoms with Crippen molar-refractivity contribution in [1.29, 1.82) is 0 Å². The molecule has 0 heterocycles. The molecule has 0 amide bonds. The van der Waals surface area contributed by atoms with Crippen molar-refractivity contribution in [3.8, 4) is 0 Å². The van der Waals surface area contributed by atoms with E-state index in [0.29, 0.717) is 19.3 Å². The first kappa shape index (κ1) is 74.9. The molecule has 0 aromatic carbocycles. The average molecular weight is 1080 g/mol. The summed E-state index contributed by atoms with van der Waals surface area (Å²) in [5.41, 5.74) is 0. The third-order valence-electron chi connectivity index (χ3n) is 15.9. The summed E-state index contributed by atoms with van der Waals surface area (Å²) in [5.74, 6) is -0.850. The second-order valence-electron chi connectivity index (χ2n) is 23.8. The van der Waals surface area contributed by atoms with Gasteiger partial charge in [-0.25, -0.2) is 0 Å². The minimum atomic E-state index is -0.774. The molecule has 0 rings (SSSR count). The Hall–Kier alpha value is -2.11. The van der Waals surface area contributed by atoms with E-state index < -0.39 is 6.10 Å². The molecule has 0 aliphatic heterocycles. The number of allylic oxidation sites excluding steroid dienone is 4. The van der Waals surface area contributed by atoms with Gasteiger partial charge in [0, 0.05) is 19.3 Å². The van der Waals surface area contributed by atoms with Crippen LogP contribution in [-0.4, -0.2) is 37.2 Å². The zero-order chi connectivity index (χ0) is 55.7. The first-order valence-corrected chi connectivity index (χ1v) is 34.8. The molecule has 0 N–H and O–H groups in total. The maximum absolute atomic E-state index is 12.9. The van der Waals surface area contributed by atoms with Crippen LogP contribution in [0.3, 0.4) is 0 Å². The number of esters is 3. The Labute approximate surface area is 481 Å². The van der Waals surface area contributed by atoms with Crippen LogP contribution in [0.25, 0.3) is 0 Å². The molecule has 6 heteroatoms. The summed E-state index contributed by atoms with van der Waals surface area (Å²) in [6, 6.07) is 0. The number of unbranched alkanes of at least 4 members (excludes halogenated alkanes) is 50. The lowest BCUT2D eigenvalue weighted by Gasteiger charge is -2.18. The maximum atomic E-state index is 12.9. The van der Waals surface area contributed by atoms with Crippen molar-refractivity contribution in [3.63, 3.8) is 0 Å². The zero-order valence-electron chi connectivity index (χ0n) is 52.3. The summed E-state index contributed by atoms with van der Waals surface area (Å²) in [6.45, 7) is 6.70. The molecule has 0 aromatic heterocycles. The Morgan fingerprint density at radius 1 is 0.247 bits per heavy atom. The van der Waals surface area contributed by atoms with Crippen molar-refractivity contribution < 1.29 is 28.6 Å². The lowest BCUT2D eigenvalue weighted by atomic mass is 10.0. The van der Waals surface area contributed by atoms with E-state index >= 15 is 0 Å². The fraction of sp³-hybridized carbons (Fsp3) is 0.901. The Balaban J connectivity index is 4.25. The topological polar surface area (TPSA) is 78.9 Å². The summed E-state index contributed by atoms with van der Waals surface area (Å²) >= 11 is 0.